The van der Waals surface area contributed by atoms with E-state index in [0.717, 1.165) is 0 Å². The third kappa shape index (κ3) is 2.63. The summed E-state index contributed by atoms with van der Waals surface area (Å²) in [5.74, 6) is -2.07. The van der Waals surface area contributed by atoms with E-state index in [-0.39, 0.29) is 6.20 Å². The highest BCUT2D eigenvalue weighted by Crippen LogP contribution is 2.40. The smallest absolute Gasteiger partial charge is 0.417 e. The maximum Gasteiger partial charge on any atom is 0.417 e. The van der Waals surface area contributed by atoms with Crippen molar-refractivity contribution < 1.29 is 31.9 Å². The summed E-state index contributed by atoms with van der Waals surface area (Å²) < 4.78 is 62.3. The van der Waals surface area contributed by atoms with Crippen molar-refractivity contribution in [3.8, 4) is 0 Å². The summed E-state index contributed by atoms with van der Waals surface area (Å²) in [6.45, 7) is 0. The Hall–Kier alpha value is -1.44. The van der Waals surface area contributed by atoms with Crippen LogP contribution in [0.15, 0.2) is 6.20 Å². The minimum absolute atomic E-state index is 0.211. The molecule has 0 aliphatic carbocycles. The Kier molecular flexibility index (Phi) is 3.56. The number of halogens is 6. The maximum absolute atomic E-state index is 12.5. The maximum atomic E-state index is 12.5. The number of carboxylic acid groups (broad SMARTS) is 1. The molecule has 0 amide bonds. The predicted octanol–water partition coefficient (Wildman–Crippen LogP) is 3.39. The van der Waals surface area contributed by atoms with Crippen molar-refractivity contribution in [3.63, 3.8) is 0 Å². The average Bonchev–Trinajstić information content (AvgIpc) is 2.14. The number of aromatic carboxylic acids is 1. The van der Waals surface area contributed by atoms with Crippen LogP contribution in [0.4, 0.5) is 22.0 Å². The summed E-state index contributed by atoms with van der Waals surface area (Å²) in [6.07, 6.45) is -8.55. The molecule has 0 saturated carbocycles. The van der Waals surface area contributed by atoms with Gasteiger partial charge in [0.2, 0.25) is 0 Å². The Morgan fingerprint density at radius 3 is 2.29 bits per heavy atom. The average molecular weight is 276 g/mol. The lowest BCUT2D eigenvalue weighted by molar-refractivity contribution is -0.140. The minimum atomic E-state index is -5.26. The molecule has 1 heterocycles. The van der Waals surface area contributed by atoms with Crippen LogP contribution < -0.4 is 0 Å². The standard InChI is InChI=1S/C8H3ClF5NO2/c9-5-3(7(16)17)4(8(12,13)14)2(1-15-5)6(10)11/h1,6H,(H,16,17). The fraction of sp³-hybridized carbons (Fsp3) is 0.250. The zero-order valence-electron chi connectivity index (χ0n) is 7.73. The molecule has 1 aromatic rings. The number of alkyl halides is 5. The fourth-order valence-corrected chi connectivity index (χ4v) is 1.39. The molecule has 0 bridgehead atoms. The molecular weight excluding hydrogens is 273 g/mol. The van der Waals surface area contributed by atoms with Crippen molar-refractivity contribution in [1.82, 2.24) is 4.98 Å². The van der Waals surface area contributed by atoms with E-state index >= 15 is 0 Å². The minimum Gasteiger partial charge on any atom is -0.478 e. The number of carboxylic acids is 1. The molecule has 17 heavy (non-hydrogen) atoms. The van der Waals surface area contributed by atoms with Crippen LogP contribution in [0.2, 0.25) is 5.15 Å². The van der Waals surface area contributed by atoms with Crippen LogP contribution >= 0.6 is 11.6 Å². The van der Waals surface area contributed by atoms with Gasteiger partial charge >= 0.3 is 12.1 Å². The van der Waals surface area contributed by atoms with Gasteiger partial charge < -0.3 is 5.11 Å². The molecule has 0 spiro atoms. The highest BCUT2D eigenvalue weighted by molar-refractivity contribution is 6.32. The highest BCUT2D eigenvalue weighted by Gasteiger charge is 2.41. The first-order valence-corrected chi connectivity index (χ1v) is 4.31. The van der Waals surface area contributed by atoms with Gasteiger partial charge in [-0.05, 0) is 0 Å². The summed E-state index contributed by atoms with van der Waals surface area (Å²) in [4.78, 5) is 13.6. The second-order valence-corrected chi connectivity index (χ2v) is 3.22. The molecule has 0 radical (unpaired) electrons. The van der Waals surface area contributed by atoms with E-state index in [1.807, 2.05) is 0 Å². The number of hydrogen-bond acceptors (Lipinski definition) is 2. The van der Waals surface area contributed by atoms with Gasteiger partial charge in [0.25, 0.3) is 6.43 Å². The molecule has 0 aromatic carbocycles. The first-order chi connectivity index (χ1) is 7.66. The first kappa shape index (κ1) is 13.6. The SMILES string of the molecule is O=C(O)c1c(Cl)ncc(C(F)F)c1C(F)(F)F. The van der Waals surface area contributed by atoms with Crippen molar-refractivity contribution in [2.75, 3.05) is 0 Å². The van der Waals surface area contributed by atoms with Gasteiger partial charge in [-0.1, -0.05) is 11.6 Å². The van der Waals surface area contributed by atoms with E-state index in [1.54, 1.807) is 0 Å². The van der Waals surface area contributed by atoms with Gasteiger partial charge in [-0.25, -0.2) is 18.6 Å². The third-order valence-electron chi connectivity index (χ3n) is 1.79. The van der Waals surface area contributed by atoms with E-state index < -0.39 is 40.4 Å². The molecule has 0 aliphatic heterocycles. The highest BCUT2D eigenvalue weighted by atomic mass is 35.5. The molecule has 0 fully saturated rings. The molecule has 0 unspecified atom stereocenters. The Labute approximate surface area is 95.8 Å². The topological polar surface area (TPSA) is 50.2 Å². The van der Waals surface area contributed by atoms with Gasteiger partial charge in [-0.3, -0.25) is 0 Å². The molecule has 0 atom stereocenters. The second-order valence-electron chi connectivity index (χ2n) is 2.86. The summed E-state index contributed by atoms with van der Waals surface area (Å²) in [7, 11) is 0. The molecule has 3 nitrogen and oxygen atoms in total. The summed E-state index contributed by atoms with van der Waals surface area (Å²) in [5, 5.41) is 7.56. The number of nitrogens with zero attached hydrogens (tertiary/aromatic N) is 1. The van der Waals surface area contributed by atoms with Gasteiger partial charge in [0.1, 0.15) is 10.7 Å². The van der Waals surface area contributed by atoms with Crippen LogP contribution in [0.5, 0.6) is 0 Å². The van der Waals surface area contributed by atoms with E-state index in [1.165, 1.54) is 0 Å². The van der Waals surface area contributed by atoms with Gasteiger partial charge in [0, 0.05) is 11.8 Å². The molecule has 1 rings (SSSR count). The zero-order chi connectivity index (χ0) is 13.4. The second kappa shape index (κ2) is 4.44. The Balaban J connectivity index is 3.68. The molecular formula is C8H3ClF5NO2. The molecule has 1 aromatic heterocycles. The fourth-order valence-electron chi connectivity index (χ4n) is 1.17. The number of hydrogen-bond donors (Lipinski definition) is 1. The monoisotopic (exact) mass is 275 g/mol. The normalized spacial score (nSPS) is 11.9. The van der Waals surface area contributed by atoms with E-state index in [0.29, 0.717) is 0 Å². The largest absolute Gasteiger partial charge is 0.478 e. The predicted molar refractivity (Wildman–Crippen MR) is 46.2 cm³/mol. The van der Waals surface area contributed by atoms with Gasteiger partial charge in [-0.2, -0.15) is 13.2 Å². The quantitative estimate of drug-likeness (QED) is 0.665. The molecule has 0 aliphatic rings. The van der Waals surface area contributed by atoms with Gasteiger partial charge in [0.15, 0.2) is 0 Å². The lowest BCUT2D eigenvalue weighted by atomic mass is 10.0. The number of pyridine rings is 1. The van der Waals surface area contributed by atoms with Crippen molar-refractivity contribution in [1.29, 1.82) is 0 Å². The lowest BCUT2D eigenvalue weighted by Crippen LogP contribution is -2.17. The van der Waals surface area contributed by atoms with Crippen LogP contribution in [-0.4, -0.2) is 16.1 Å². The van der Waals surface area contributed by atoms with Crippen molar-refractivity contribution in [2.45, 2.75) is 12.6 Å². The summed E-state index contributed by atoms with van der Waals surface area (Å²) >= 11 is 5.17. The van der Waals surface area contributed by atoms with Crippen LogP contribution in [0.1, 0.15) is 27.9 Å². The van der Waals surface area contributed by atoms with Crippen LogP contribution in [0.25, 0.3) is 0 Å². The van der Waals surface area contributed by atoms with Crippen LogP contribution in [0.3, 0.4) is 0 Å². The van der Waals surface area contributed by atoms with Crippen LogP contribution in [-0.2, 0) is 6.18 Å². The van der Waals surface area contributed by atoms with Crippen LogP contribution in [0, 0.1) is 0 Å². The molecule has 94 valence electrons. The summed E-state index contributed by atoms with van der Waals surface area (Å²) in [5.41, 5.74) is -4.96. The molecule has 9 heteroatoms. The Bertz CT molecular complexity index is 460. The van der Waals surface area contributed by atoms with Crippen molar-refractivity contribution in [3.05, 3.63) is 28.0 Å². The molecule has 1 N–H and O–H groups in total. The zero-order valence-corrected chi connectivity index (χ0v) is 8.48. The van der Waals surface area contributed by atoms with Gasteiger partial charge in [0.05, 0.1) is 5.56 Å². The third-order valence-corrected chi connectivity index (χ3v) is 2.08. The Morgan fingerprint density at radius 2 is 1.94 bits per heavy atom. The first-order valence-electron chi connectivity index (χ1n) is 3.93. The Morgan fingerprint density at radius 1 is 1.41 bits per heavy atom. The van der Waals surface area contributed by atoms with E-state index in [4.69, 9.17) is 16.7 Å². The van der Waals surface area contributed by atoms with E-state index in [2.05, 4.69) is 4.98 Å². The number of aromatic nitrogens is 1. The number of rotatable bonds is 2. The molecule has 0 saturated heterocycles. The van der Waals surface area contributed by atoms with E-state index in [9.17, 15) is 26.7 Å². The summed E-state index contributed by atoms with van der Waals surface area (Å²) in [6, 6.07) is 0. The number of carbonyl (C=O) groups is 1. The van der Waals surface area contributed by atoms with Gasteiger partial charge in [-0.15, -0.1) is 0 Å². The lowest BCUT2D eigenvalue weighted by Gasteiger charge is -2.15. The van der Waals surface area contributed by atoms with Crippen molar-refractivity contribution in [2.24, 2.45) is 0 Å². The van der Waals surface area contributed by atoms with Crippen molar-refractivity contribution >= 4 is 17.6 Å².